The van der Waals surface area contributed by atoms with Crippen molar-refractivity contribution < 1.29 is 20.1 Å². The lowest BCUT2D eigenvalue weighted by atomic mass is 10.1. The van der Waals surface area contributed by atoms with Crippen LogP contribution in [-0.4, -0.2) is 33.9 Å². The summed E-state index contributed by atoms with van der Waals surface area (Å²) in [6, 6.07) is 13.6. The maximum Gasteiger partial charge on any atom is 0.320 e. The van der Waals surface area contributed by atoms with Gasteiger partial charge in [0.05, 0.1) is 0 Å². The van der Waals surface area contributed by atoms with Crippen LogP contribution in [0.4, 0.5) is 0 Å². The SMILES string of the molecule is NC(Cc1ccc(O)c(O)c1)C(=O)O.NCCCCc1ccccc1. The predicted octanol–water partition coefficient (Wildman–Crippen LogP) is 2.02. The van der Waals surface area contributed by atoms with Crippen molar-refractivity contribution in [2.45, 2.75) is 31.7 Å². The molecule has 2 rings (SSSR count). The molecule has 0 saturated heterocycles. The molecule has 0 aliphatic carbocycles. The predicted molar refractivity (Wildman–Crippen MR) is 97.5 cm³/mol. The third-order valence-electron chi connectivity index (χ3n) is 3.58. The molecular formula is C19H26N2O4. The molecule has 0 bridgehead atoms. The second kappa shape index (κ2) is 11.1. The van der Waals surface area contributed by atoms with E-state index in [1.807, 2.05) is 6.07 Å². The molecule has 25 heavy (non-hydrogen) atoms. The van der Waals surface area contributed by atoms with E-state index in [0.717, 1.165) is 19.4 Å². The van der Waals surface area contributed by atoms with Gasteiger partial charge in [-0.25, -0.2) is 0 Å². The van der Waals surface area contributed by atoms with Gasteiger partial charge in [0.1, 0.15) is 6.04 Å². The summed E-state index contributed by atoms with van der Waals surface area (Å²) in [6.45, 7) is 0.812. The first kappa shape index (κ1) is 20.5. The molecule has 0 aliphatic rings. The molecule has 1 unspecified atom stereocenters. The fraction of sp³-hybridized carbons (Fsp3) is 0.316. The topological polar surface area (TPSA) is 130 Å². The van der Waals surface area contributed by atoms with E-state index in [9.17, 15) is 4.79 Å². The Bertz CT molecular complexity index is 647. The van der Waals surface area contributed by atoms with E-state index in [2.05, 4.69) is 24.3 Å². The molecule has 0 fully saturated rings. The van der Waals surface area contributed by atoms with E-state index in [4.69, 9.17) is 26.8 Å². The summed E-state index contributed by atoms with van der Waals surface area (Å²) in [5, 5.41) is 26.6. The van der Waals surface area contributed by atoms with Gasteiger partial charge >= 0.3 is 5.97 Å². The van der Waals surface area contributed by atoms with Crippen molar-refractivity contribution >= 4 is 5.97 Å². The summed E-state index contributed by atoms with van der Waals surface area (Å²) in [5.74, 6) is -1.62. The summed E-state index contributed by atoms with van der Waals surface area (Å²) >= 11 is 0. The molecule has 2 aromatic carbocycles. The van der Waals surface area contributed by atoms with Gasteiger partial charge < -0.3 is 26.8 Å². The minimum Gasteiger partial charge on any atom is -0.504 e. The molecule has 2 aromatic rings. The highest BCUT2D eigenvalue weighted by Gasteiger charge is 2.12. The molecule has 0 aromatic heterocycles. The quantitative estimate of drug-likeness (QED) is 0.385. The second-order valence-electron chi connectivity index (χ2n) is 5.70. The molecule has 7 N–H and O–H groups in total. The third-order valence-corrected chi connectivity index (χ3v) is 3.58. The van der Waals surface area contributed by atoms with Crippen molar-refractivity contribution in [1.29, 1.82) is 0 Å². The number of aromatic hydroxyl groups is 2. The second-order valence-corrected chi connectivity index (χ2v) is 5.70. The Morgan fingerprint density at radius 1 is 0.960 bits per heavy atom. The minimum atomic E-state index is -1.10. The first-order chi connectivity index (χ1) is 11.9. The van der Waals surface area contributed by atoms with Crippen LogP contribution < -0.4 is 11.5 Å². The van der Waals surface area contributed by atoms with Gasteiger partial charge in [-0.1, -0.05) is 36.4 Å². The van der Waals surface area contributed by atoms with Crippen molar-refractivity contribution in [3.05, 3.63) is 59.7 Å². The molecule has 0 heterocycles. The zero-order chi connectivity index (χ0) is 18.7. The number of aliphatic carboxylic acids is 1. The number of carboxylic acid groups (broad SMARTS) is 1. The van der Waals surface area contributed by atoms with Crippen LogP contribution in [0, 0.1) is 0 Å². The lowest BCUT2D eigenvalue weighted by molar-refractivity contribution is -0.138. The van der Waals surface area contributed by atoms with Crippen molar-refractivity contribution in [2.24, 2.45) is 11.5 Å². The number of unbranched alkanes of at least 4 members (excludes halogenated alkanes) is 1. The standard InChI is InChI=1S/C10H15N.C9H11NO4/c11-9-5-4-8-10-6-2-1-3-7-10;10-6(9(13)14)3-5-1-2-7(11)8(12)4-5/h1-3,6-7H,4-5,8-9,11H2;1-2,4,6,11-12H,3,10H2,(H,13,14). The maximum atomic E-state index is 10.4. The molecular weight excluding hydrogens is 320 g/mol. The van der Waals surface area contributed by atoms with Gasteiger partial charge in [-0.15, -0.1) is 0 Å². The molecule has 6 nitrogen and oxygen atoms in total. The van der Waals surface area contributed by atoms with E-state index >= 15 is 0 Å². The first-order valence-electron chi connectivity index (χ1n) is 8.17. The zero-order valence-electron chi connectivity index (χ0n) is 14.1. The van der Waals surface area contributed by atoms with Gasteiger partial charge in [0, 0.05) is 0 Å². The smallest absolute Gasteiger partial charge is 0.320 e. The van der Waals surface area contributed by atoms with Crippen LogP contribution in [0.2, 0.25) is 0 Å². The molecule has 0 aliphatic heterocycles. The first-order valence-corrected chi connectivity index (χ1v) is 8.17. The Morgan fingerprint density at radius 3 is 2.20 bits per heavy atom. The zero-order valence-corrected chi connectivity index (χ0v) is 14.1. The number of carboxylic acids is 1. The highest BCUT2D eigenvalue weighted by atomic mass is 16.4. The monoisotopic (exact) mass is 346 g/mol. The van der Waals surface area contributed by atoms with Crippen LogP contribution in [0.3, 0.4) is 0 Å². The number of hydrogen-bond acceptors (Lipinski definition) is 5. The number of aryl methyl sites for hydroxylation is 1. The maximum absolute atomic E-state index is 10.4. The van der Waals surface area contributed by atoms with Crippen LogP contribution >= 0.6 is 0 Å². The number of rotatable bonds is 7. The Balaban J connectivity index is 0.000000257. The van der Waals surface area contributed by atoms with E-state index in [-0.39, 0.29) is 17.9 Å². The largest absolute Gasteiger partial charge is 0.504 e. The number of carbonyl (C=O) groups is 1. The number of phenolic OH excluding ortho intramolecular Hbond substituents is 2. The highest BCUT2D eigenvalue weighted by Crippen LogP contribution is 2.25. The van der Waals surface area contributed by atoms with Crippen molar-refractivity contribution in [1.82, 2.24) is 0 Å². The summed E-state index contributed by atoms with van der Waals surface area (Å²) in [6.07, 6.45) is 3.62. The molecule has 0 saturated carbocycles. The summed E-state index contributed by atoms with van der Waals surface area (Å²) in [5.41, 5.74) is 12.7. The van der Waals surface area contributed by atoms with Crippen molar-refractivity contribution in [3.8, 4) is 11.5 Å². The summed E-state index contributed by atoms with van der Waals surface area (Å²) in [4.78, 5) is 10.4. The lowest BCUT2D eigenvalue weighted by Crippen LogP contribution is -2.32. The fourth-order valence-corrected chi connectivity index (χ4v) is 2.16. The number of nitrogens with two attached hydrogens (primary N) is 2. The van der Waals surface area contributed by atoms with Gasteiger partial charge in [-0.3, -0.25) is 4.79 Å². The molecule has 0 amide bonds. The molecule has 0 radical (unpaired) electrons. The Kier molecular flexibility index (Phi) is 9.06. The number of hydrogen-bond donors (Lipinski definition) is 5. The van der Waals surface area contributed by atoms with Gasteiger partial charge in [0.15, 0.2) is 11.5 Å². The van der Waals surface area contributed by atoms with Crippen LogP contribution in [-0.2, 0) is 17.6 Å². The Morgan fingerprint density at radius 2 is 1.64 bits per heavy atom. The molecule has 0 spiro atoms. The number of phenols is 2. The van der Waals surface area contributed by atoms with Crippen molar-refractivity contribution in [3.63, 3.8) is 0 Å². The normalized spacial score (nSPS) is 11.3. The van der Waals surface area contributed by atoms with E-state index in [1.54, 1.807) is 0 Å². The van der Waals surface area contributed by atoms with Gasteiger partial charge in [0.25, 0.3) is 0 Å². The lowest BCUT2D eigenvalue weighted by Gasteiger charge is -2.06. The fourth-order valence-electron chi connectivity index (χ4n) is 2.16. The summed E-state index contributed by atoms with van der Waals surface area (Å²) in [7, 11) is 0. The van der Waals surface area contributed by atoms with E-state index in [1.165, 1.54) is 30.2 Å². The van der Waals surface area contributed by atoms with Crippen molar-refractivity contribution in [2.75, 3.05) is 6.54 Å². The van der Waals surface area contributed by atoms with Crippen LogP contribution in [0.5, 0.6) is 11.5 Å². The van der Waals surface area contributed by atoms with Crippen LogP contribution in [0.25, 0.3) is 0 Å². The number of benzene rings is 2. The molecule has 6 heteroatoms. The van der Waals surface area contributed by atoms with Crippen LogP contribution in [0.1, 0.15) is 24.0 Å². The molecule has 136 valence electrons. The molecule has 1 atom stereocenters. The van der Waals surface area contributed by atoms with Gasteiger partial charge in [0.2, 0.25) is 0 Å². The van der Waals surface area contributed by atoms with Gasteiger partial charge in [-0.2, -0.15) is 0 Å². The highest BCUT2D eigenvalue weighted by molar-refractivity contribution is 5.73. The van der Waals surface area contributed by atoms with E-state index in [0.29, 0.717) is 5.56 Å². The van der Waals surface area contributed by atoms with E-state index < -0.39 is 12.0 Å². The average molecular weight is 346 g/mol. The third kappa shape index (κ3) is 8.19. The average Bonchev–Trinajstić information content (AvgIpc) is 2.60. The minimum absolute atomic E-state index is 0.114. The Labute approximate surface area is 147 Å². The Hall–Kier alpha value is -2.57. The van der Waals surface area contributed by atoms with Crippen LogP contribution in [0.15, 0.2) is 48.5 Å². The van der Waals surface area contributed by atoms with Gasteiger partial charge in [-0.05, 0) is 55.5 Å². The summed E-state index contributed by atoms with van der Waals surface area (Å²) < 4.78 is 0.